The van der Waals surface area contributed by atoms with Crippen molar-refractivity contribution in [2.45, 2.75) is 257 Å². The predicted octanol–water partition coefficient (Wildman–Crippen LogP) is 5.86. The van der Waals surface area contributed by atoms with E-state index in [0.717, 1.165) is 0 Å². The van der Waals surface area contributed by atoms with Gasteiger partial charge >= 0.3 is 23.9 Å². The molecule has 5 rings (SSSR count). The van der Waals surface area contributed by atoms with Crippen LogP contribution in [0.3, 0.4) is 0 Å². The molecule has 0 bridgehead atoms. The molecule has 4 heterocycles. The zero-order valence-corrected chi connectivity index (χ0v) is 44.8. The highest BCUT2D eigenvalue weighted by Gasteiger charge is 2.45. The van der Waals surface area contributed by atoms with Gasteiger partial charge in [0.15, 0.2) is 0 Å². The Labute approximate surface area is 407 Å². The molecule has 16 nitrogen and oxygen atoms in total. The van der Waals surface area contributed by atoms with Crippen molar-refractivity contribution in [2.24, 2.45) is 11.8 Å². The Bertz CT molecular complexity index is 1560. The summed E-state index contributed by atoms with van der Waals surface area (Å²) in [5.74, 6) is -4.33. The smallest absolute Gasteiger partial charge is 0.325 e. The molecule has 68 heavy (non-hydrogen) atoms. The van der Waals surface area contributed by atoms with Crippen LogP contribution in [0.25, 0.3) is 0 Å². The van der Waals surface area contributed by atoms with Crippen molar-refractivity contribution < 1.29 is 47.7 Å². The fraction of sp³-hybridized carbons (Fsp3) is 0.885. The molecule has 0 radical (unpaired) electrons. The normalized spacial score (nSPS) is 27.5. The number of rotatable bonds is 14. The van der Waals surface area contributed by atoms with E-state index in [1.807, 2.05) is 0 Å². The molecule has 0 atom stereocenters. The van der Waals surface area contributed by atoms with Crippen molar-refractivity contribution in [1.29, 1.82) is 0 Å². The monoisotopic (exact) mass is 959 g/mol. The summed E-state index contributed by atoms with van der Waals surface area (Å²) in [4.78, 5) is 86.4. The number of nitrogens with one attached hydrogen (secondary N) is 4. The molecular weight excluding hydrogens is 869 g/mol. The third-order valence-corrected chi connectivity index (χ3v) is 14.1. The Kier molecular flexibility index (Phi) is 16.7. The Morgan fingerprint density at radius 2 is 0.500 bits per heavy atom. The van der Waals surface area contributed by atoms with Gasteiger partial charge in [0, 0.05) is 108 Å². The highest BCUT2D eigenvalue weighted by atomic mass is 16.6. The molecule has 5 fully saturated rings. The van der Waals surface area contributed by atoms with E-state index < -0.39 is 61.9 Å². The summed E-state index contributed by atoms with van der Waals surface area (Å²) in [6.07, 6.45) is 4.38. The van der Waals surface area contributed by atoms with Crippen LogP contribution < -0.4 is 21.3 Å². The van der Waals surface area contributed by atoms with E-state index >= 15 is 0 Å². The van der Waals surface area contributed by atoms with E-state index in [-0.39, 0.29) is 80.5 Å². The van der Waals surface area contributed by atoms with Crippen molar-refractivity contribution in [3.8, 4) is 0 Å². The zero-order valence-electron chi connectivity index (χ0n) is 44.8. The molecule has 4 aliphatic heterocycles. The fourth-order valence-electron chi connectivity index (χ4n) is 13.3. The van der Waals surface area contributed by atoms with Gasteiger partial charge < -0.3 is 50.0 Å². The number of nitrogens with zero attached hydrogens (tertiary/aromatic N) is 2. The highest BCUT2D eigenvalue weighted by molar-refractivity contribution is 5.89. The average molecular weight is 959 g/mol. The first-order valence-corrected chi connectivity index (χ1v) is 25.4. The minimum atomic E-state index is -0.597. The van der Waals surface area contributed by atoms with Crippen LogP contribution in [-0.4, -0.2) is 140 Å². The van der Waals surface area contributed by atoms with Crippen LogP contribution in [0.1, 0.15) is 188 Å². The summed E-state index contributed by atoms with van der Waals surface area (Å²) in [7, 11) is 0. The summed E-state index contributed by atoms with van der Waals surface area (Å²) in [6, 6.07) is 0. The van der Waals surface area contributed by atoms with Crippen molar-refractivity contribution in [3.63, 3.8) is 0 Å². The molecule has 0 aromatic rings. The Hall–Kier alpha value is -3.34. The molecule has 2 amide bonds. The van der Waals surface area contributed by atoms with Crippen LogP contribution in [0.2, 0.25) is 0 Å². The summed E-state index contributed by atoms with van der Waals surface area (Å²) in [5.41, 5.74) is -2.24. The third kappa shape index (κ3) is 16.9. The van der Waals surface area contributed by atoms with Crippen LogP contribution in [0.5, 0.6) is 0 Å². The van der Waals surface area contributed by atoms with Crippen LogP contribution >= 0.6 is 0 Å². The van der Waals surface area contributed by atoms with Crippen LogP contribution in [0.4, 0.5) is 0 Å². The number of esters is 4. The number of carbonyl (C=O) groups excluding carboxylic acids is 6. The maximum atomic E-state index is 14.5. The van der Waals surface area contributed by atoms with Gasteiger partial charge in [-0.15, -0.1) is 0 Å². The first kappa shape index (κ1) is 55.6. The molecule has 0 spiro atoms. The topological polar surface area (TPSA) is 194 Å². The van der Waals surface area contributed by atoms with Gasteiger partial charge in [0.25, 0.3) is 0 Å². The van der Waals surface area contributed by atoms with Gasteiger partial charge in [-0.25, -0.2) is 0 Å². The van der Waals surface area contributed by atoms with Crippen molar-refractivity contribution in [1.82, 2.24) is 31.1 Å². The Morgan fingerprint density at radius 1 is 0.338 bits per heavy atom. The number of hydrogen-bond donors (Lipinski definition) is 4. The number of hydrogen-bond acceptors (Lipinski definition) is 14. The lowest BCUT2D eigenvalue weighted by molar-refractivity contribution is -0.165. The van der Waals surface area contributed by atoms with Gasteiger partial charge in [-0.1, -0.05) is 0 Å². The molecule has 0 aromatic carbocycles. The number of piperidine rings is 4. The van der Waals surface area contributed by atoms with E-state index in [1.54, 1.807) is 0 Å². The maximum absolute atomic E-state index is 14.5. The molecular formula is C52H90N6O10. The highest BCUT2D eigenvalue weighted by Crippen LogP contribution is 2.36. The largest absolute Gasteiger partial charge is 0.461 e. The lowest BCUT2D eigenvalue weighted by Gasteiger charge is -2.46. The standard InChI is InChI=1S/C52H90N6O10/c1-45(2)21-35(22-46(3,4)53-45)65-39(59)29-57(30-40(60)66-36-23-47(5,6)54-48(7,8)24-36)43(63)33-17-19-34(20-18-33)44(64)58(31-41(61)67-37-25-49(9,10)55-50(11,12)26-37)32-42(62)68-38-27-51(13,14)56-52(15,16)28-38/h33-38,53-56H,17-32H2,1-16H3. The molecule has 1 saturated carbocycles. The van der Waals surface area contributed by atoms with Crippen LogP contribution in [0, 0.1) is 11.8 Å². The number of carbonyl (C=O) groups is 6. The van der Waals surface area contributed by atoms with E-state index in [2.05, 4.69) is 132 Å². The lowest BCUT2D eigenvalue weighted by Crippen LogP contribution is -2.60. The van der Waals surface area contributed by atoms with Crippen LogP contribution in [-0.2, 0) is 47.7 Å². The van der Waals surface area contributed by atoms with E-state index in [4.69, 9.17) is 18.9 Å². The van der Waals surface area contributed by atoms with Crippen molar-refractivity contribution in [3.05, 3.63) is 0 Å². The van der Waals surface area contributed by atoms with E-state index in [9.17, 15) is 28.8 Å². The quantitative estimate of drug-likeness (QED) is 0.120. The SMILES string of the molecule is CC1(C)CC(OC(=O)CN(CC(=O)OC2CC(C)(C)NC(C)(C)C2)C(=O)C2CCC(C(=O)N(CC(=O)OC3CC(C)(C)NC(C)(C)C3)CC(=O)OC3CC(C)(C)NC(C)(C)C3)CC2)CC(C)(C)N1. The first-order valence-electron chi connectivity index (χ1n) is 25.4. The van der Waals surface area contributed by atoms with E-state index in [1.165, 1.54) is 9.80 Å². The summed E-state index contributed by atoms with van der Waals surface area (Å²) in [5, 5.41) is 14.4. The molecule has 388 valence electrons. The predicted molar refractivity (Wildman–Crippen MR) is 260 cm³/mol. The second-order valence-electron chi connectivity index (χ2n) is 26.6. The summed E-state index contributed by atoms with van der Waals surface area (Å²) >= 11 is 0. The van der Waals surface area contributed by atoms with Gasteiger partial charge in [-0.2, -0.15) is 0 Å². The van der Waals surface area contributed by atoms with Gasteiger partial charge in [-0.05, 0) is 136 Å². The van der Waals surface area contributed by atoms with Crippen molar-refractivity contribution in [2.75, 3.05) is 26.2 Å². The lowest BCUT2D eigenvalue weighted by atomic mass is 9.80. The third-order valence-electron chi connectivity index (χ3n) is 14.1. The molecule has 1 aliphatic carbocycles. The molecule has 0 aromatic heterocycles. The zero-order chi connectivity index (χ0) is 51.1. The Balaban J connectivity index is 1.28. The minimum absolute atomic E-state index is 0.280. The fourth-order valence-corrected chi connectivity index (χ4v) is 13.3. The number of ether oxygens (including phenoxy) is 4. The van der Waals surface area contributed by atoms with Gasteiger partial charge in [-0.3, -0.25) is 28.8 Å². The Morgan fingerprint density at radius 3 is 0.662 bits per heavy atom. The van der Waals surface area contributed by atoms with Gasteiger partial charge in [0.05, 0.1) is 0 Å². The molecule has 16 heteroatoms. The van der Waals surface area contributed by atoms with Gasteiger partial charge in [0.2, 0.25) is 11.8 Å². The van der Waals surface area contributed by atoms with Gasteiger partial charge in [0.1, 0.15) is 50.6 Å². The van der Waals surface area contributed by atoms with Crippen molar-refractivity contribution >= 4 is 35.7 Å². The van der Waals surface area contributed by atoms with E-state index in [0.29, 0.717) is 77.0 Å². The molecule has 5 aliphatic rings. The maximum Gasteiger partial charge on any atom is 0.325 e. The molecule has 0 unspecified atom stereocenters. The summed E-state index contributed by atoms with van der Waals surface area (Å²) in [6.45, 7) is 31.3. The first-order chi connectivity index (χ1) is 30.9. The second kappa shape index (κ2) is 20.4. The molecule has 4 N–H and O–H groups in total. The van der Waals surface area contributed by atoms with Crippen LogP contribution in [0.15, 0.2) is 0 Å². The number of amides is 2. The molecule has 4 saturated heterocycles. The minimum Gasteiger partial charge on any atom is -0.461 e. The summed E-state index contributed by atoms with van der Waals surface area (Å²) < 4.78 is 24.1. The second-order valence-corrected chi connectivity index (χ2v) is 26.6. The average Bonchev–Trinajstić information content (AvgIpc) is 3.08.